The highest BCUT2D eigenvalue weighted by Crippen LogP contribution is 2.25. The molecule has 5 rings (SSSR count). The molecule has 6 nitrogen and oxygen atoms in total. The minimum absolute atomic E-state index is 0.150. The molecule has 7 heteroatoms. The number of hydrogen-bond donors (Lipinski definition) is 0. The van der Waals surface area contributed by atoms with Gasteiger partial charge in [-0.1, -0.05) is 6.07 Å². The Morgan fingerprint density at radius 2 is 1.97 bits per heavy atom. The third-order valence-corrected chi connectivity index (χ3v) is 6.78. The third kappa shape index (κ3) is 4.75. The van der Waals surface area contributed by atoms with Gasteiger partial charge in [0.05, 0.1) is 24.5 Å². The van der Waals surface area contributed by atoms with Crippen LogP contribution in [0.2, 0.25) is 0 Å². The molecule has 0 radical (unpaired) electrons. The molecule has 0 saturated carbocycles. The zero-order chi connectivity index (χ0) is 22.9. The van der Waals surface area contributed by atoms with Crippen molar-refractivity contribution in [3.05, 3.63) is 64.2 Å². The number of halogens is 1. The summed E-state index contributed by atoms with van der Waals surface area (Å²) in [6, 6.07) is 7.05. The van der Waals surface area contributed by atoms with Crippen LogP contribution >= 0.6 is 0 Å². The highest BCUT2D eigenvalue weighted by Gasteiger charge is 2.25. The van der Waals surface area contributed by atoms with Gasteiger partial charge in [0, 0.05) is 63.4 Å². The van der Waals surface area contributed by atoms with Gasteiger partial charge in [0.15, 0.2) is 11.6 Å². The van der Waals surface area contributed by atoms with E-state index in [1.807, 2.05) is 25.3 Å². The van der Waals surface area contributed by atoms with E-state index in [1.54, 1.807) is 6.07 Å². The fourth-order valence-electron chi connectivity index (χ4n) is 4.65. The molecule has 172 valence electrons. The molecule has 33 heavy (non-hydrogen) atoms. The van der Waals surface area contributed by atoms with Gasteiger partial charge in [-0.25, -0.2) is 4.39 Å². The fraction of sp³-hybridized carbons (Fsp3) is 0.423. The molecule has 0 atom stereocenters. The van der Waals surface area contributed by atoms with Crippen LogP contribution in [-0.2, 0) is 22.5 Å². The van der Waals surface area contributed by atoms with E-state index < -0.39 is 5.82 Å². The average Bonchev–Trinajstić information content (AvgIpc) is 2.77. The minimum atomic E-state index is -0.445. The first kappa shape index (κ1) is 21.9. The first-order valence-corrected chi connectivity index (χ1v) is 11.5. The standard InChI is InChI=1S/C26H28FN3O3/c1-17-8-24-20(11-25(17)31)9-18(13-28-24)14-29-4-6-30(7-5-29)21-2-3-22(23(27)12-21)26(32)10-19-15-33-16-19/h2-3,8-9,12-13,19H,4-7,10-11,14-16H2,1H3. The number of rotatable bonds is 6. The number of pyridine rings is 1. The summed E-state index contributed by atoms with van der Waals surface area (Å²) in [4.78, 5) is 33.4. The van der Waals surface area contributed by atoms with Crippen LogP contribution in [0, 0.1) is 11.7 Å². The molecular formula is C26H28FN3O3. The Balaban J connectivity index is 1.17. The number of carbonyl (C=O) groups is 2. The Morgan fingerprint density at radius 1 is 1.18 bits per heavy atom. The summed E-state index contributed by atoms with van der Waals surface area (Å²) >= 11 is 0. The number of carbonyl (C=O) groups excluding carboxylic acids is 2. The normalized spacial score (nSPS) is 19.2. The smallest absolute Gasteiger partial charge is 0.166 e. The summed E-state index contributed by atoms with van der Waals surface area (Å²) in [5, 5.41) is 0. The molecule has 0 bridgehead atoms. The van der Waals surface area contributed by atoms with Gasteiger partial charge in [-0.2, -0.15) is 0 Å². The second kappa shape index (κ2) is 9.15. The van der Waals surface area contributed by atoms with Crippen LogP contribution in [0.1, 0.15) is 40.5 Å². The van der Waals surface area contributed by atoms with Gasteiger partial charge < -0.3 is 9.64 Å². The van der Waals surface area contributed by atoms with Gasteiger partial charge in [-0.15, -0.1) is 0 Å². The average molecular weight is 450 g/mol. The van der Waals surface area contributed by atoms with E-state index in [9.17, 15) is 14.0 Å². The maximum atomic E-state index is 14.7. The predicted molar refractivity (Wildman–Crippen MR) is 124 cm³/mol. The van der Waals surface area contributed by atoms with Crippen LogP contribution in [0.4, 0.5) is 10.1 Å². The number of hydrogen-bond acceptors (Lipinski definition) is 6. The first-order chi connectivity index (χ1) is 16.0. The van der Waals surface area contributed by atoms with Crippen molar-refractivity contribution < 1.29 is 18.7 Å². The number of nitrogens with zero attached hydrogens (tertiary/aromatic N) is 3. The van der Waals surface area contributed by atoms with E-state index in [0.29, 0.717) is 26.1 Å². The Hall–Kier alpha value is -2.90. The van der Waals surface area contributed by atoms with Crippen LogP contribution in [0.25, 0.3) is 6.08 Å². The Kier molecular flexibility index (Phi) is 6.08. The number of aromatic nitrogens is 1. The van der Waals surface area contributed by atoms with Gasteiger partial charge >= 0.3 is 0 Å². The predicted octanol–water partition coefficient (Wildman–Crippen LogP) is 3.29. The Morgan fingerprint density at radius 3 is 2.67 bits per heavy atom. The van der Waals surface area contributed by atoms with E-state index >= 15 is 0 Å². The van der Waals surface area contributed by atoms with Crippen molar-refractivity contribution in [2.24, 2.45) is 5.92 Å². The number of anilines is 1. The Bertz CT molecular complexity index is 1120. The topological polar surface area (TPSA) is 62.7 Å². The van der Waals surface area contributed by atoms with Crippen LogP contribution in [0.3, 0.4) is 0 Å². The number of benzene rings is 1. The first-order valence-electron chi connectivity index (χ1n) is 11.5. The minimum Gasteiger partial charge on any atom is -0.381 e. The molecule has 3 aliphatic rings. The molecule has 0 spiro atoms. The number of allylic oxidation sites excluding steroid dienone is 1. The summed E-state index contributed by atoms with van der Waals surface area (Å²) < 4.78 is 19.8. The van der Waals surface area contributed by atoms with E-state index in [0.717, 1.165) is 60.8 Å². The molecule has 1 aliphatic carbocycles. The van der Waals surface area contributed by atoms with Gasteiger partial charge in [-0.05, 0) is 47.9 Å². The summed E-state index contributed by atoms with van der Waals surface area (Å²) in [6.45, 7) is 7.05. The highest BCUT2D eigenvalue weighted by molar-refractivity contribution is 6.02. The quantitative estimate of drug-likeness (QED) is 0.631. The largest absolute Gasteiger partial charge is 0.381 e. The SMILES string of the molecule is CC1=Cc2ncc(CN3CCN(c4ccc(C(=O)CC5COC5)c(F)c4)CC3)cc2CC1=O. The molecule has 2 fully saturated rings. The van der Waals surface area contributed by atoms with Gasteiger partial charge in [0.1, 0.15) is 5.82 Å². The lowest BCUT2D eigenvalue weighted by molar-refractivity contribution is -0.114. The van der Waals surface area contributed by atoms with Crippen molar-refractivity contribution >= 4 is 23.3 Å². The number of fused-ring (bicyclic) bond motifs is 1. The maximum Gasteiger partial charge on any atom is 0.166 e. The van der Waals surface area contributed by atoms with Crippen molar-refractivity contribution in [3.8, 4) is 0 Å². The highest BCUT2D eigenvalue weighted by atomic mass is 19.1. The van der Waals surface area contributed by atoms with Crippen LogP contribution in [0.5, 0.6) is 0 Å². The zero-order valence-corrected chi connectivity index (χ0v) is 18.8. The lowest BCUT2D eigenvalue weighted by Gasteiger charge is -2.36. The molecule has 1 aromatic heterocycles. The molecule has 0 unspecified atom stereocenters. The molecule has 0 N–H and O–H groups in total. The fourth-order valence-corrected chi connectivity index (χ4v) is 4.65. The van der Waals surface area contributed by atoms with E-state index in [1.165, 1.54) is 6.07 Å². The molecule has 3 heterocycles. The number of ether oxygens (including phenoxy) is 1. The molecule has 1 aromatic carbocycles. The number of piperazine rings is 1. The van der Waals surface area contributed by atoms with Crippen LogP contribution in [-0.4, -0.2) is 60.8 Å². The maximum absolute atomic E-state index is 14.7. The van der Waals surface area contributed by atoms with Crippen molar-refractivity contribution in [2.75, 3.05) is 44.3 Å². The number of ketones is 2. The van der Waals surface area contributed by atoms with E-state index in [2.05, 4.69) is 20.9 Å². The molecule has 0 amide bonds. The number of Topliss-reactive ketones (excluding diaryl/α,β-unsaturated/α-hetero) is 2. The zero-order valence-electron chi connectivity index (χ0n) is 18.8. The van der Waals surface area contributed by atoms with E-state index in [-0.39, 0.29) is 23.0 Å². The lowest BCUT2D eigenvalue weighted by Crippen LogP contribution is -2.46. The van der Waals surface area contributed by atoms with Crippen molar-refractivity contribution in [1.82, 2.24) is 9.88 Å². The van der Waals surface area contributed by atoms with Gasteiger partial charge in [0.25, 0.3) is 0 Å². The second-order valence-electron chi connectivity index (χ2n) is 9.27. The molecular weight excluding hydrogens is 421 g/mol. The van der Waals surface area contributed by atoms with Gasteiger partial charge in [-0.3, -0.25) is 19.5 Å². The summed E-state index contributed by atoms with van der Waals surface area (Å²) in [5.41, 5.74) is 4.75. The molecule has 2 saturated heterocycles. The molecule has 2 aromatic rings. The van der Waals surface area contributed by atoms with Crippen LogP contribution in [0.15, 0.2) is 36.0 Å². The summed E-state index contributed by atoms with van der Waals surface area (Å²) in [6.07, 6.45) is 4.52. The monoisotopic (exact) mass is 449 g/mol. The van der Waals surface area contributed by atoms with Crippen LogP contribution < -0.4 is 4.90 Å². The van der Waals surface area contributed by atoms with E-state index in [4.69, 9.17) is 4.74 Å². The van der Waals surface area contributed by atoms with Crippen molar-refractivity contribution in [3.63, 3.8) is 0 Å². The van der Waals surface area contributed by atoms with Gasteiger partial charge in [0.2, 0.25) is 0 Å². The summed E-state index contributed by atoms with van der Waals surface area (Å²) in [5.74, 6) is -0.217. The summed E-state index contributed by atoms with van der Waals surface area (Å²) in [7, 11) is 0. The van der Waals surface area contributed by atoms with Crippen molar-refractivity contribution in [2.45, 2.75) is 26.3 Å². The lowest BCUT2D eigenvalue weighted by atomic mass is 9.94. The second-order valence-corrected chi connectivity index (χ2v) is 9.27. The molecule has 2 aliphatic heterocycles. The van der Waals surface area contributed by atoms with Crippen molar-refractivity contribution in [1.29, 1.82) is 0 Å². The third-order valence-electron chi connectivity index (χ3n) is 6.78. The Labute approximate surface area is 193 Å².